The molecule has 0 aliphatic rings. The fourth-order valence-corrected chi connectivity index (χ4v) is 2.65. The van der Waals surface area contributed by atoms with Crippen LogP contribution in [-0.2, 0) is 16.4 Å². The molecule has 0 radical (unpaired) electrons. The van der Waals surface area contributed by atoms with Crippen LogP contribution < -0.4 is 10.5 Å². The van der Waals surface area contributed by atoms with E-state index in [1.54, 1.807) is 30.3 Å². The molecule has 7 heteroatoms. The monoisotopic (exact) mass is 290 g/mol. The highest BCUT2D eigenvalue weighted by atomic mass is 32.2. The topological polar surface area (TPSA) is 109 Å². The van der Waals surface area contributed by atoms with E-state index in [2.05, 4.69) is 9.71 Å². The van der Waals surface area contributed by atoms with E-state index < -0.39 is 10.0 Å². The highest BCUT2D eigenvalue weighted by molar-refractivity contribution is 7.92. The van der Waals surface area contributed by atoms with Crippen LogP contribution in [-0.4, -0.2) is 19.2 Å². The van der Waals surface area contributed by atoms with Gasteiger partial charge in [0.15, 0.2) is 0 Å². The van der Waals surface area contributed by atoms with Crippen molar-refractivity contribution in [1.29, 1.82) is 5.41 Å². The van der Waals surface area contributed by atoms with Gasteiger partial charge in [-0.15, -0.1) is 0 Å². The van der Waals surface area contributed by atoms with Crippen LogP contribution in [0.2, 0.25) is 0 Å². The molecule has 20 heavy (non-hydrogen) atoms. The van der Waals surface area contributed by atoms with Crippen molar-refractivity contribution in [2.75, 3.05) is 4.72 Å². The van der Waals surface area contributed by atoms with Crippen molar-refractivity contribution >= 4 is 21.5 Å². The SMILES string of the molecule is N=C(N)Cc1ccc(NS(=O)(=O)c2cccnc2)cc1. The van der Waals surface area contributed by atoms with E-state index in [1.807, 2.05) is 0 Å². The summed E-state index contributed by atoms with van der Waals surface area (Å²) in [7, 11) is -3.63. The summed E-state index contributed by atoms with van der Waals surface area (Å²) in [6, 6.07) is 9.74. The number of hydrogen-bond donors (Lipinski definition) is 3. The first kappa shape index (κ1) is 14.0. The molecule has 0 amide bonds. The molecule has 0 bridgehead atoms. The molecule has 0 fully saturated rings. The Morgan fingerprint density at radius 1 is 1.25 bits per heavy atom. The van der Waals surface area contributed by atoms with Crippen LogP contribution in [0.3, 0.4) is 0 Å². The molecule has 0 aliphatic heterocycles. The van der Waals surface area contributed by atoms with Crippen molar-refractivity contribution in [3.63, 3.8) is 0 Å². The lowest BCUT2D eigenvalue weighted by atomic mass is 10.1. The predicted octanol–water partition coefficient (Wildman–Crippen LogP) is 1.36. The zero-order valence-electron chi connectivity index (χ0n) is 10.6. The second-order valence-corrected chi connectivity index (χ2v) is 5.88. The van der Waals surface area contributed by atoms with E-state index in [1.165, 1.54) is 18.5 Å². The van der Waals surface area contributed by atoms with E-state index in [9.17, 15) is 8.42 Å². The van der Waals surface area contributed by atoms with Gasteiger partial charge in [-0.05, 0) is 29.8 Å². The smallest absolute Gasteiger partial charge is 0.263 e. The van der Waals surface area contributed by atoms with Gasteiger partial charge in [0.2, 0.25) is 0 Å². The molecule has 4 N–H and O–H groups in total. The first-order valence-electron chi connectivity index (χ1n) is 5.82. The van der Waals surface area contributed by atoms with Gasteiger partial charge in [0.25, 0.3) is 10.0 Å². The summed E-state index contributed by atoms with van der Waals surface area (Å²) in [6.07, 6.45) is 3.14. The van der Waals surface area contributed by atoms with Crippen LogP contribution >= 0.6 is 0 Å². The first-order chi connectivity index (χ1) is 9.47. The third-order valence-corrected chi connectivity index (χ3v) is 3.91. The van der Waals surface area contributed by atoms with E-state index in [0.717, 1.165) is 5.56 Å². The number of nitrogens with two attached hydrogens (primary N) is 1. The summed E-state index contributed by atoms with van der Waals surface area (Å²) in [4.78, 5) is 3.89. The second kappa shape index (κ2) is 5.70. The van der Waals surface area contributed by atoms with Crippen molar-refractivity contribution in [1.82, 2.24) is 4.98 Å². The predicted molar refractivity (Wildman–Crippen MR) is 77.1 cm³/mol. The summed E-state index contributed by atoms with van der Waals surface area (Å²) in [5, 5.41) is 7.20. The highest BCUT2D eigenvalue weighted by Crippen LogP contribution is 2.15. The van der Waals surface area contributed by atoms with Gasteiger partial charge in [0.05, 0.1) is 5.84 Å². The molecular formula is C13H14N4O2S. The van der Waals surface area contributed by atoms with Gasteiger partial charge in [-0.1, -0.05) is 12.1 Å². The maximum Gasteiger partial charge on any atom is 0.263 e. The van der Waals surface area contributed by atoms with Gasteiger partial charge >= 0.3 is 0 Å². The minimum atomic E-state index is -3.63. The van der Waals surface area contributed by atoms with Crippen LogP contribution in [0.1, 0.15) is 5.56 Å². The Bertz CT molecular complexity index is 697. The average molecular weight is 290 g/mol. The summed E-state index contributed by atoms with van der Waals surface area (Å²) < 4.78 is 26.6. The quantitative estimate of drug-likeness (QED) is 0.570. The number of anilines is 1. The lowest BCUT2D eigenvalue weighted by Gasteiger charge is -2.08. The van der Waals surface area contributed by atoms with E-state index in [-0.39, 0.29) is 10.7 Å². The summed E-state index contributed by atoms with van der Waals surface area (Å²) in [5.74, 6) is 0.0636. The summed E-state index contributed by atoms with van der Waals surface area (Å²) in [5.41, 5.74) is 6.60. The Morgan fingerprint density at radius 3 is 2.50 bits per heavy atom. The van der Waals surface area contributed by atoms with E-state index in [0.29, 0.717) is 12.1 Å². The molecule has 1 heterocycles. The fourth-order valence-electron chi connectivity index (χ4n) is 1.63. The molecule has 2 aromatic rings. The van der Waals surface area contributed by atoms with Gasteiger partial charge in [-0.3, -0.25) is 15.1 Å². The molecule has 1 aromatic carbocycles. The van der Waals surface area contributed by atoms with E-state index in [4.69, 9.17) is 11.1 Å². The van der Waals surface area contributed by atoms with Crippen LogP contribution in [0, 0.1) is 5.41 Å². The standard InChI is InChI=1S/C13H14N4O2S/c14-13(15)8-10-3-5-11(6-4-10)17-20(18,19)12-2-1-7-16-9-12/h1-7,9,17H,8H2,(H3,14,15). The number of nitrogens with one attached hydrogen (secondary N) is 2. The van der Waals surface area contributed by atoms with Gasteiger partial charge in [-0.25, -0.2) is 8.42 Å². The lowest BCUT2D eigenvalue weighted by Crippen LogP contribution is -2.14. The average Bonchev–Trinajstić information content (AvgIpc) is 2.41. The minimum absolute atomic E-state index is 0.0636. The Morgan fingerprint density at radius 2 is 1.95 bits per heavy atom. The highest BCUT2D eigenvalue weighted by Gasteiger charge is 2.13. The number of sulfonamides is 1. The molecular weight excluding hydrogens is 276 g/mol. The van der Waals surface area contributed by atoms with Crippen molar-refractivity contribution in [3.8, 4) is 0 Å². The van der Waals surface area contributed by atoms with Crippen LogP contribution in [0.15, 0.2) is 53.7 Å². The summed E-state index contributed by atoms with van der Waals surface area (Å²) >= 11 is 0. The largest absolute Gasteiger partial charge is 0.387 e. The van der Waals surface area contributed by atoms with Crippen LogP contribution in [0.25, 0.3) is 0 Å². The third kappa shape index (κ3) is 3.55. The Hall–Kier alpha value is -2.41. The zero-order valence-corrected chi connectivity index (χ0v) is 11.4. The van der Waals surface area contributed by atoms with Crippen molar-refractivity contribution in [2.24, 2.45) is 5.73 Å². The molecule has 0 saturated carbocycles. The van der Waals surface area contributed by atoms with Gasteiger partial charge in [0, 0.05) is 24.5 Å². The third-order valence-electron chi connectivity index (χ3n) is 2.55. The molecule has 1 aromatic heterocycles. The lowest BCUT2D eigenvalue weighted by molar-refractivity contribution is 0.601. The molecule has 0 aliphatic carbocycles. The molecule has 0 atom stereocenters. The van der Waals surface area contributed by atoms with Crippen LogP contribution in [0.5, 0.6) is 0 Å². The molecule has 0 spiro atoms. The van der Waals surface area contributed by atoms with Gasteiger partial charge in [-0.2, -0.15) is 0 Å². The zero-order chi connectivity index (χ0) is 14.6. The fraction of sp³-hybridized carbons (Fsp3) is 0.0769. The second-order valence-electron chi connectivity index (χ2n) is 4.19. The number of hydrogen-bond acceptors (Lipinski definition) is 4. The molecule has 104 valence electrons. The summed E-state index contributed by atoms with van der Waals surface area (Å²) in [6.45, 7) is 0. The molecule has 0 unspecified atom stereocenters. The first-order valence-corrected chi connectivity index (χ1v) is 7.30. The molecule has 2 rings (SSSR count). The Kier molecular flexibility index (Phi) is 3.99. The minimum Gasteiger partial charge on any atom is -0.387 e. The van der Waals surface area contributed by atoms with Gasteiger partial charge in [0.1, 0.15) is 4.90 Å². The normalized spacial score (nSPS) is 11.0. The number of aromatic nitrogens is 1. The van der Waals surface area contributed by atoms with Crippen molar-refractivity contribution in [2.45, 2.75) is 11.3 Å². The maximum absolute atomic E-state index is 12.1. The molecule has 0 saturated heterocycles. The number of amidine groups is 1. The maximum atomic E-state index is 12.1. The molecule has 6 nitrogen and oxygen atoms in total. The van der Waals surface area contributed by atoms with Crippen molar-refractivity contribution in [3.05, 3.63) is 54.4 Å². The van der Waals surface area contributed by atoms with Crippen molar-refractivity contribution < 1.29 is 8.42 Å². The Balaban J connectivity index is 2.16. The van der Waals surface area contributed by atoms with Crippen LogP contribution in [0.4, 0.5) is 5.69 Å². The number of pyridine rings is 1. The number of benzene rings is 1. The number of rotatable bonds is 5. The number of nitrogens with zero attached hydrogens (tertiary/aromatic N) is 1. The Labute approximate surface area is 117 Å². The van der Waals surface area contributed by atoms with E-state index >= 15 is 0 Å². The van der Waals surface area contributed by atoms with Gasteiger partial charge < -0.3 is 5.73 Å².